The summed E-state index contributed by atoms with van der Waals surface area (Å²) in [5.41, 5.74) is 3.42. The predicted octanol–water partition coefficient (Wildman–Crippen LogP) is 3.28. The number of carbonyl (C=O) groups is 3. The van der Waals surface area contributed by atoms with E-state index in [4.69, 9.17) is 11.6 Å². The van der Waals surface area contributed by atoms with Gasteiger partial charge in [-0.05, 0) is 80.5 Å². The number of piperazine rings is 1. The van der Waals surface area contributed by atoms with Gasteiger partial charge in [-0.2, -0.15) is 10.4 Å². The molecule has 14 nitrogen and oxygen atoms in total. The molecule has 6 aliphatic rings. The second kappa shape index (κ2) is 14.8. The Bertz CT molecular complexity index is 2130. The van der Waals surface area contributed by atoms with Crippen molar-refractivity contribution >= 4 is 46.5 Å². The maximum Gasteiger partial charge on any atom is 0.257 e. The number of nitriles is 1. The highest BCUT2D eigenvalue weighted by Gasteiger charge is 2.46. The number of aliphatic hydroxyl groups excluding tert-OH is 1. The Hall–Kier alpha value is -4.88. The maximum atomic E-state index is 15.5. The zero-order valence-corrected chi connectivity index (χ0v) is 32.7. The molecular weight excluding hydrogens is 751 g/mol. The fourth-order valence-corrected chi connectivity index (χ4v) is 10.2. The number of halogens is 2. The summed E-state index contributed by atoms with van der Waals surface area (Å²) in [5.74, 6) is -1.29. The van der Waals surface area contributed by atoms with Crippen LogP contribution in [0.15, 0.2) is 42.5 Å². The van der Waals surface area contributed by atoms with Gasteiger partial charge in [-0.1, -0.05) is 11.6 Å². The lowest BCUT2D eigenvalue weighted by Crippen LogP contribution is -2.62. The Morgan fingerprint density at radius 1 is 1.00 bits per heavy atom. The number of aromatic nitrogens is 2. The molecular formula is C41H46ClFN10O4. The molecule has 57 heavy (non-hydrogen) atoms. The van der Waals surface area contributed by atoms with Crippen LogP contribution in [-0.4, -0.2) is 125 Å². The van der Waals surface area contributed by atoms with Gasteiger partial charge in [0.25, 0.3) is 5.91 Å². The van der Waals surface area contributed by atoms with Gasteiger partial charge < -0.3 is 19.8 Å². The van der Waals surface area contributed by atoms with Crippen molar-refractivity contribution in [3.05, 3.63) is 75.7 Å². The van der Waals surface area contributed by atoms with Crippen molar-refractivity contribution in [2.75, 3.05) is 73.6 Å². The minimum atomic E-state index is -1.40. The van der Waals surface area contributed by atoms with Crippen LogP contribution in [0.4, 0.5) is 21.6 Å². The van der Waals surface area contributed by atoms with Crippen molar-refractivity contribution in [1.29, 1.82) is 5.26 Å². The molecule has 2 aromatic carbocycles. The zero-order chi connectivity index (χ0) is 39.6. The quantitative estimate of drug-likeness (QED) is 0.338. The first-order chi connectivity index (χ1) is 27.5. The van der Waals surface area contributed by atoms with Crippen LogP contribution in [0.3, 0.4) is 0 Å². The molecule has 3 atom stereocenters. The number of benzene rings is 2. The van der Waals surface area contributed by atoms with E-state index in [9.17, 15) is 24.8 Å². The molecule has 0 radical (unpaired) electrons. The predicted molar refractivity (Wildman–Crippen MR) is 210 cm³/mol. The average Bonchev–Trinajstić information content (AvgIpc) is 3.63. The number of nitrogens with zero attached hydrogens (tertiary/aromatic N) is 9. The Kier molecular flexibility index (Phi) is 9.79. The number of fused-ring (bicyclic) bond motifs is 1. The molecule has 7 heterocycles. The third-order valence-electron chi connectivity index (χ3n) is 13.2. The second-order valence-electron chi connectivity index (χ2n) is 16.6. The van der Waals surface area contributed by atoms with Gasteiger partial charge in [0.15, 0.2) is 12.0 Å². The number of rotatable bonds is 7. The van der Waals surface area contributed by atoms with Crippen LogP contribution < -0.4 is 20.0 Å². The lowest BCUT2D eigenvalue weighted by Gasteiger charge is -2.48. The average molecular weight is 797 g/mol. The number of amides is 3. The van der Waals surface area contributed by atoms with E-state index in [-0.39, 0.29) is 29.4 Å². The van der Waals surface area contributed by atoms with Crippen LogP contribution in [0, 0.1) is 22.6 Å². The number of hydrogen-bond donors (Lipinski definition) is 2. The topological polar surface area (TPSA) is 152 Å². The molecule has 1 aromatic heterocycles. The molecule has 6 aliphatic heterocycles. The standard InChI is InChI=1S/C41H46ClFN10O4/c1-25-19-41(24-52(25)28-4-2-26(20-44)32(42)16-28)8-10-51(11-9-41)36-6-3-27(46-47-36)21-48-22-29(23-48)49-12-14-50(15-13-49)35-18-31-30(17-33(35)43)39(56)53(40(31)57)34-5-7-37(54)45-38(34)55/h2-4,6,16-18,25,29,34,40,57H,5,7-15,19,21-24H2,1H3,(H,45,54,55)/t25-,34?,40?/m0/s1. The fraction of sp³-hybridized carbons (Fsp3) is 0.512. The SMILES string of the molecule is C[C@H]1CC2(CCN(c3ccc(CN4CC(N5CCN(c6cc7c(cc6F)C(=O)N(C6CCC(=O)NC6=O)C7O)CC5)C4)nn3)CC2)CN1c1ccc(C#N)c(Cl)c1. The van der Waals surface area contributed by atoms with Crippen molar-refractivity contribution in [2.45, 2.75) is 69.9 Å². The second-order valence-corrected chi connectivity index (χ2v) is 17.0. The lowest BCUT2D eigenvalue weighted by atomic mass is 9.77. The summed E-state index contributed by atoms with van der Waals surface area (Å²) in [7, 11) is 0. The normalized spacial score (nSPS) is 25.5. The van der Waals surface area contributed by atoms with Gasteiger partial charge in [0, 0.05) is 95.2 Å². The monoisotopic (exact) mass is 796 g/mol. The van der Waals surface area contributed by atoms with Crippen LogP contribution in [0.25, 0.3) is 0 Å². The first-order valence-electron chi connectivity index (χ1n) is 19.9. The molecule has 0 saturated carbocycles. The van der Waals surface area contributed by atoms with Gasteiger partial charge in [0.1, 0.15) is 17.9 Å². The van der Waals surface area contributed by atoms with Crippen LogP contribution >= 0.6 is 11.6 Å². The van der Waals surface area contributed by atoms with E-state index in [1.807, 2.05) is 23.1 Å². The van der Waals surface area contributed by atoms with E-state index in [1.54, 1.807) is 0 Å². The van der Waals surface area contributed by atoms with E-state index < -0.39 is 35.8 Å². The van der Waals surface area contributed by atoms with E-state index in [0.717, 1.165) is 99.8 Å². The van der Waals surface area contributed by atoms with Crippen molar-refractivity contribution in [3.63, 3.8) is 0 Å². The van der Waals surface area contributed by atoms with Crippen molar-refractivity contribution in [3.8, 4) is 6.07 Å². The molecule has 2 unspecified atom stereocenters. The molecule has 9 rings (SSSR count). The Morgan fingerprint density at radius 2 is 1.77 bits per heavy atom. The van der Waals surface area contributed by atoms with Crippen molar-refractivity contribution in [1.82, 2.24) is 30.2 Å². The van der Waals surface area contributed by atoms with E-state index in [1.165, 1.54) is 6.07 Å². The maximum absolute atomic E-state index is 15.5. The Labute approximate surface area is 335 Å². The van der Waals surface area contributed by atoms with Gasteiger partial charge in [0.05, 0.1) is 27.5 Å². The third-order valence-corrected chi connectivity index (χ3v) is 13.5. The molecule has 0 aliphatic carbocycles. The van der Waals surface area contributed by atoms with E-state index in [0.29, 0.717) is 41.4 Å². The highest BCUT2D eigenvalue weighted by molar-refractivity contribution is 6.32. The van der Waals surface area contributed by atoms with Crippen LogP contribution in [0.1, 0.15) is 72.4 Å². The molecule has 298 valence electrons. The Balaban J connectivity index is 0.733. The Morgan fingerprint density at radius 3 is 2.46 bits per heavy atom. The number of anilines is 3. The summed E-state index contributed by atoms with van der Waals surface area (Å²) in [6.45, 7) is 10.4. The summed E-state index contributed by atoms with van der Waals surface area (Å²) >= 11 is 6.37. The van der Waals surface area contributed by atoms with Gasteiger partial charge in [-0.3, -0.25) is 34.4 Å². The zero-order valence-electron chi connectivity index (χ0n) is 31.9. The molecule has 1 spiro atoms. The lowest BCUT2D eigenvalue weighted by molar-refractivity contribution is -0.139. The van der Waals surface area contributed by atoms with E-state index in [2.05, 4.69) is 60.2 Å². The summed E-state index contributed by atoms with van der Waals surface area (Å²) in [6.07, 6.45) is 2.08. The fourth-order valence-electron chi connectivity index (χ4n) is 9.95. The first kappa shape index (κ1) is 37.7. The number of hydrogen-bond acceptors (Lipinski definition) is 12. The molecule has 16 heteroatoms. The molecule has 3 aromatic rings. The minimum absolute atomic E-state index is 0.0420. The summed E-state index contributed by atoms with van der Waals surface area (Å²) in [5, 5.41) is 32.3. The smallest absolute Gasteiger partial charge is 0.257 e. The molecule has 0 bridgehead atoms. The van der Waals surface area contributed by atoms with Gasteiger partial charge in [-0.25, -0.2) is 4.39 Å². The van der Waals surface area contributed by atoms with Gasteiger partial charge in [-0.15, -0.1) is 5.10 Å². The number of imide groups is 1. The summed E-state index contributed by atoms with van der Waals surface area (Å²) in [6, 6.07) is 14.6. The molecule has 2 N–H and O–H groups in total. The largest absolute Gasteiger partial charge is 0.369 e. The third kappa shape index (κ3) is 6.96. The van der Waals surface area contributed by atoms with Gasteiger partial charge >= 0.3 is 0 Å². The number of likely N-dealkylation sites (tertiary alicyclic amines) is 1. The van der Waals surface area contributed by atoms with E-state index >= 15 is 4.39 Å². The minimum Gasteiger partial charge on any atom is -0.369 e. The highest BCUT2D eigenvalue weighted by Crippen LogP contribution is 2.46. The number of nitrogens with one attached hydrogen (secondary N) is 1. The first-order valence-corrected chi connectivity index (χ1v) is 20.3. The van der Waals surface area contributed by atoms with Crippen LogP contribution in [0.2, 0.25) is 5.02 Å². The van der Waals surface area contributed by atoms with Crippen molar-refractivity contribution in [2.24, 2.45) is 5.41 Å². The van der Waals surface area contributed by atoms with Crippen LogP contribution in [0.5, 0.6) is 0 Å². The molecule has 5 fully saturated rings. The van der Waals surface area contributed by atoms with Crippen LogP contribution in [-0.2, 0) is 16.1 Å². The van der Waals surface area contributed by atoms with Crippen molar-refractivity contribution < 1.29 is 23.9 Å². The number of carbonyl (C=O) groups excluding carboxylic acids is 3. The summed E-state index contributed by atoms with van der Waals surface area (Å²) < 4.78 is 15.5. The number of piperidine rings is 2. The number of aliphatic hydroxyl groups is 1. The van der Waals surface area contributed by atoms with Gasteiger partial charge in [0.2, 0.25) is 11.8 Å². The summed E-state index contributed by atoms with van der Waals surface area (Å²) in [4.78, 5) is 49.8. The molecule has 3 amide bonds. The highest BCUT2D eigenvalue weighted by atomic mass is 35.5. The molecule has 5 saturated heterocycles.